The Bertz CT molecular complexity index is 762. The van der Waals surface area contributed by atoms with E-state index in [1.165, 1.54) is 19.3 Å². The molecule has 4 fully saturated rings. The molecule has 180 valence electrons. The summed E-state index contributed by atoms with van der Waals surface area (Å²) in [7, 11) is 0. The highest BCUT2D eigenvalue weighted by molar-refractivity contribution is 6.03. The van der Waals surface area contributed by atoms with E-state index in [0.717, 1.165) is 25.7 Å². The fourth-order valence-corrected chi connectivity index (χ4v) is 6.82. The third-order valence-corrected chi connectivity index (χ3v) is 9.45. The number of hydrogen-bond donors (Lipinski definition) is 0. The maximum absolute atomic E-state index is 13.7. The Balaban J connectivity index is 1.53. The number of hydrogen-bond acceptors (Lipinski definition) is 6. The van der Waals surface area contributed by atoms with Crippen molar-refractivity contribution < 1.29 is 28.6 Å². The summed E-state index contributed by atoms with van der Waals surface area (Å²) in [5, 5.41) is 0. The molecular weight excluding hydrogens is 408 g/mol. The molecule has 6 nitrogen and oxygen atoms in total. The van der Waals surface area contributed by atoms with E-state index in [1.807, 2.05) is 20.8 Å². The lowest BCUT2D eigenvalue weighted by atomic mass is 9.71. The Kier molecular flexibility index (Phi) is 6.13. The second kappa shape index (κ2) is 8.32. The van der Waals surface area contributed by atoms with Gasteiger partial charge in [-0.15, -0.1) is 0 Å². The van der Waals surface area contributed by atoms with E-state index < -0.39 is 40.6 Å². The molecule has 32 heavy (non-hydrogen) atoms. The minimum Gasteiger partial charge on any atom is -0.458 e. The second-order valence-corrected chi connectivity index (χ2v) is 11.3. The summed E-state index contributed by atoms with van der Waals surface area (Å²) in [6.45, 7) is 9.87. The van der Waals surface area contributed by atoms with Gasteiger partial charge in [0.05, 0.1) is 5.41 Å². The molecule has 4 aliphatic rings. The molecule has 4 rings (SSSR count). The summed E-state index contributed by atoms with van der Waals surface area (Å²) in [6, 6.07) is 0. The standard InChI is InChI=1S/C26H40O6/c1-6-24(4,5)21(27)30-19-16-14-18-20(19)31-22(28)26(18,15-16)23(29)32-25(7-2,8-3)17-12-10-9-11-13-17/h16-20H,6-15H2,1-5H3. The zero-order valence-electron chi connectivity index (χ0n) is 20.4. The van der Waals surface area contributed by atoms with Crippen molar-refractivity contribution in [1.29, 1.82) is 0 Å². The molecule has 0 spiro atoms. The van der Waals surface area contributed by atoms with Crippen molar-refractivity contribution >= 4 is 17.9 Å². The smallest absolute Gasteiger partial charge is 0.324 e. The highest BCUT2D eigenvalue weighted by Crippen LogP contribution is 2.63. The third kappa shape index (κ3) is 3.38. The average Bonchev–Trinajstić information content (AvgIpc) is 3.40. The van der Waals surface area contributed by atoms with Crippen LogP contribution in [0.15, 0.2) is 0 Å². The van der Waals surface area contributed by atoms with Crippen LogP contribution in [0.2, 0.25) is 0 Å². The molecule has 1 heterocycles. The molecule has 0 radical (unpaired) electrons. The Morgan fingerprint density at radius 3 is 2.31 bits per heavy atom. The lowest BCUT2D eigenvalue weighted by Gasteiger charge is -2.43. The Morgan fingerprint density at radius 1 is 1.06 bits per heavy atom. The first-order chi connectivity index (χ1) is 15.1. The van der Waals surface area contributed by atoms with Gasteiger partial charge in [0.25, 0.3) is 0 Å². The molecule has 0 N–H and O–H groups in total. The van der Waals surface area contributed by atoms with Gasteiger partial charge in [-0.05, 0) is 64.7 Å². The summed E-state index contributed by atoms with van der Waals surface area (Å²) in [6.07, 6.45) is 7.98. The monoisotopic (exact) mass is 448 g/mol. The number of ether oxygens (including phenoxy) is 3. The second-order valence-electron chi connectivity index (χ2n) is 11.3. The van der Waals surface area contributed by atoms with Gasteiger partial charge >= 0.3 is 17.9 Å². The van der Waals surface area contributed by atoms with Crippen LogP contribution in [-0.2, 0) is 28.6 Å². The van der Waals surface area contributed by atoms with E-state index in [2.05, 4.69) is 13.8 Å². The summed E-state index contributed by atoms with van der Waals surface area (Å²) in [5.41, 5.74) is -2.31. The fraction of sp³-hybridized carbons (Fsp3) is 0.885. The van der Waals surface area contributed by atoms with E-state index in [4.69, 9.17) is 14.2 Å². The van der Waals surface area contributed by atoms with Crippen molar-refractivity contribution in [2.75, 3.05) is 0 Å². The zero-order valence-corrected chi connectivity index (χ0v) is 20.4. The molecule has 3 saturated carbocycles. The van der Waals surface area contributed by atoms with Crippen molar-refractivity contribution in [2.45, 2.75) is 117 Å². The maximum Gasteiger partial charge on any atom is 0.324 e. The van der Waals surface area contributed by atoms with Gasteiger partial charge in [0, 0.05) is 11.8 Å². The number of carbonyl (C=O) groups excluding carboxylic acids is 3. The zero-order chi connectivity index (χ0) is 23.3. The minimum atomic E-state index is -1.22. The molecule has 0 aromatic carbocycles. The van der Waals surface area contributed by atoms with Gasteiger partial charge in [-0.25, -0.2) is 0 Å². The molecule has 3 aliphatic carbocycles. The van der Waals surface area contributed by atoms with Crippen LogP contribution in [0.5, 0.6) is 0 Å². The van der Waals surface area contributed by atoms with E-state index in [9.17, 15) is 14.4 Å². The predicted molar refractivity (Wildman–Crippen MR) is 118 cm³/mol. The van der Waals surface area contributed by atoms with Crippen LogP contribution < -0.4 is 0 Å². The molecule has 1 aliphatic heterocycles. The molecule has 0 aromatic heterocycles. The van der Waals surface area contributed by atoms with Crippen LogP contribution in [0.1, 0.15) is 98.8 Å². The first kappa shape index (κ1) is 23.6. The van der Waals surface area contributed by atoms with E-state index in [-0.39, 0.29) is 17.8 Å². The Hall–Kier alpha value is -1.59. The van der Waals surface area contributed by atoms with Crippen LogP contribution in [0.4, 0.5) is 0 Å². The van der Waals surface area contributed by atoms with Crippen molar-refractivity contribution in [3.8, 4) is 0 Å². The summed E-state index contributed by atoms with van der Waals surface area (Å²) >= 11 is 0. The number of esters is 3. The van der Waals surface area contributed by atoms with Gasteiger partial charge < -0.3 is 14.2 Å². The Morgan fingerprint density at radius 2 is 1.72 bits per heavy atom. The summed E-state index contributed by atoms with van der Waals surface area (Å²) in [4.78, 5) is 39.5. The van der Waals surface area contributed by atoms with E-state index >= 15 is 0 Å². The molecule has 0 aromatic rings. The summed E-state index contributed by atoms with van der Waals surface area (Å²) < 4.78 is 18.0. The number of carbonyl (C=O) groups is 3. The first-order valence-corrected chi connectivity index (χ1v) is 12.8. The number of rotatable bonds is 8. The van der Waals surface area contributed by atoms with Gasteiger partial charge in [0.15, 0.2) is 5.41 Å². The van der Waals surface area contributed by atoms with Crippen molar-refractivity contribution in [1.82, 2.24) is 0 Å². The van der Waals surface area contributed by atoms with Crippen LogP contribution in [0.25, 0.3) is 0 Å². The largest absolute Gasteiger partial charge is 0.458 e. The Labute approximate surface area is 192 Å². The van der Waals surface area contributed by atoms with Crippen molar-refractivity contribution in [3.63, 3.8) is 0 Å². The SMILES string of the molecule is CCC(C)(C)C(=O)OC1C2CC3C1OC(=O)C3(C(=O)OC(CC)(CC)C1CCCCC1)C2. The quantitative estimate of drug-likeness (QED) is 0.296. The fourth-order valence-electron chi connectivity index (χ4n) is 6.82. The van der Waals surface area contributed by atoms with Crippen LogP contribution in [0.3, 0.4) is 0 Å². The molecule has 2 bridgehead atoms. The normalized spacial score (nSPS) is 34.5. The molecule has 1 saturated heterocycles. The lowest BCUT2D eigenvalue weighted by Crippen LogP contribution is -2.51. The molecule has 5 unspecified atom stereocenters. The van der Waals surface area contributed by atoms with E-state index in [0.29, 0.717) is 25.2 Å². The van der Waals surface area contributed by atoms with Crippen molar-refractivity contribution in [3.05, 3.63) is 0 Å². The highest BCUT2D eigenvalue weighted by Gasteiger charge is 2.76. The van der Waals surface area contributed by atoms with Gasteiger partial charge in [-0.1, -0.05) is 40.0 Å². The topological polar surface area (TPSA) is 78.9 Å². The molecule has 0 amide bonds. The van der Waals surface area contributed by atoms with Crippen molar-refractivity contribution in [2.24, 2.45) is 28.6 Å². The molecule has 6 heteroatoms. The number of fused-ring (bicyclic) bond motifs is 1. The van der Waals surface area contributed by atoms with Gasteiger partial charge in [0.1, 0.15) is 17.8 Å². The predicted octanol–water partition coefficient (Wildman–Crippen LogP) is 4.97. The third-order valence-electron chi connectivity index (χ3n) is 9.45. The van der Waals surface area contributed by atoms with Crippen LogP contribution in [-0.4, -0.2) is 35.7 Å². The average molecular weight is 449 g/mol. The van der Waals surface area contributed by atoms with Gasteiger partial charge in [-0.3, -0.25) is 14.4 Å². The lowest BCUT2D eigenvalue weighted by molar-refractivity contribution is -0.186. The summed E-state index contributed by atoms with van der Waals surface area (Å²) in [5.74, 6) is -1.07. The van der Waals surface area contributed by atoms with E-state index in [1.54, 1.807) is 0 Å². The van der Waals surface area contributed by atoms with Gasteiger partial charge in [0.2, 0.25) is 0 Å². The molecule has 5 atom stereocenters. The van der Waals surface area contributed by atoms with Crippen LogP contribution >= 0.6 is 0 Å². The highest BCUT2D eigenvalue weighted by atomic mass is 16.6. The van der Waals surface area contributed by atoms with Gasteiger partial charge in [-0.2, -0.15) is 0 Å². The first-order valence-electron chi connectivity index (χ1n) is 12.8. The molecular formula is C26H40O6. The minimum absolute atomic E-state index is 0.0343. The maximum atomic E-state index is 13.7. The van der Waals surface area contributed by atoms with Crippen LogP contribution in [0, 0.1) is 28.6 Å².